The summed E-state index contributed by atoms with van der Waals surface area (Å²) < 4.78 is 0. The smallest absolute Gasteiger partial charge is 0.224 e. The predicted molar refractivity (Wildman–Crippen MR) is 103 cm³/mol. The highest BCUT2D eigenvalue weighted by Crippen LogP contribution is 2.26. The molecule has 0 aliphatic carbocycles. The Bertz CT molecular complexity index is 615. The molecule has 6 heteroatoms. The summed E-state index contributed by atoms with van der Waals surface area (Å²) >= 11 is 0. The maximum atomic E-state index is 12.4. The molecule has 5 nitrogen and oxygen atoms in total. The molecule has 2 aliphatic heterocycles. The molecule has 0 spiro atoms. The number of nitrogens with one attached hydrogen (secondary N) is 3. The van der Waals surface area contributed by atoms with E-state index in [4.69, 9.17) is 0 Å². The van der Waals surface area contributed by atoms with E-state index < -0.39 is 0 Å². The highest BCUT2D eigenvalue weighted by molar-refractivity contribution is 5.94. The van der Waals surface area contributed by atoms with Gasteiger partial charge in [-0.1, -0.05) is 6.92 Å². The van der Waals surface area contributed by atoms with Gasteiger partial charge in [-0.3, -0.25) is 9.59 Å². The Kier molecular flexibility index (Phi) is 7.26. The average molecular weight is 366 g/mol. The summed E-state index contributed by atoms with van der Waals surface area (Å²) in [6, 6.07) is 5.75. The van der Waals surface area contributed by atoms with E-state index in [1.165, 1.54) is 12.8 Å². The van der Waals surface area contributed by atoms with Crippen LogP contribution in [0.5, 0.6) is 0 Å². The van der Waals surface area contributed by atoms with Gasteiger partial charge in [0.05, 0.1) is 0 Å². The molecule has 138 valence electrons. The van der Waals surface area contributed by atoms with Crippen molar-refractivity contribution in [2.45, 2.75) is 45.4 Å². The lowest BCUT2D eigenvalue weighted by Crippen LogP contribution is -2.34. The van der Waals surface area contributed by atoms with Gasteiger partial charge in [0.1, 0.15) is 0 Å². The molecular formula is C19H28ClN3O2. The zero-order valence-electron chi connectivity index (χ0n) is 14.8. The summed E-state index contributed by atoms with van der Waals surface area (Å²) in [6.07, 6.45) is 5.24. The Morgan fingerprint density at radius 3 is 2.92 bits per heavy atom. The van der Waals surface area contributed by atoms with E-state index in [1.807, 2.05) is 18.2 Å². The third-order valence-corrected chi connectivity index (χ3v) is 5.16. The van der Waals surface area contributed by atoms with Crippen molar-refractivity contribution in [3.05, 3.63) is 23.8 Å². The van der Waals surface area contributed by atoms with Crippen LogP contribution < -0.4 is 16.0 Å². The number of aryl methyl sites for hydroxylation is 1. The van der Waals surface area contributed by atoms with E-state index in [9.17, 15) is 9.59 Å². The minimum atomic E-state index is 0. The van der Waals surface area contributed by atoms with E-state index >= 15 is 0 Å². The average Bonchev–Trinajstić information content (AvgIpc) is 2.76. The number of anilines is 2. The molecule has 2 atom stereocenters. The first-order valence-electron chi connectivity index (χ1n) is 9.05. The fourth-order valence-electron chi connectivity index (χ4n) is 3.69. The van der Waals surface area contributed by atoms with Gasteiger partial charge in [0.15, 0.2) is 0 Å². The lowest BCUT2D eigenvalue weighted by molar-refractivity contribution is -0.117. The molecule has 0 radical (unpaired) electrons. The number of halogens is 1. The van der Waals surface area contributed by atoms with Crippen molar-refractivity contribution in [1.82, 2.24) is 5.32 Å². The second kappa shape index (κ2) is 9.20. The Morgan fingerprint density at radius 2 is 2.16 bits per heavy atom. The summed E-state index contributed by atoms with van der Waals surface area (Å²) in [5.74, 6) is 1.12. The van der Waals surface area contributed by atoms with Crippen LogP contribution in [0.1, 0.15) is 44.6 Å². The van der Waals surface area contributed by atoms with Gasteiger partial charge in [0.25, 0.3) is 0 Å². The number of hydrogen-bond acceptors (Lipinski definition) is 3. The van der Waals surface area contributed by atoms with Crippen molar-refractivity contribution >= 4 is 35.6 Å². The topological polar surface area (TPSA) is 70.2 Å². The highest BCUT2D eigenvalue weighted by atomic mass is 35.5. The zero-order valence-corrected chi connectivity index (χ0v) is 15.6. The van der Waals surface area contributed by atoms with Crippen LogP contribution in [0.3, 0.4) is 0 Å². The van der Waals surface area contributed by atoms with Gasteiger partial charge in [-0.15, -0.1) is 12.4 Å². The van der Waals surface area contributed by atoms with Gasteiger partial charge < -0.3 is 16.0 Å². The molecule has 1 fully saturated rings. The monoisotopic (exact) mass is 365 g/mol. The minimum absolute atomic E-state index is 0. The molecule has 2 amide bonds. The van der Waals surface area contributed by atoms with E-state index in [2.05, 4.69) is 22.9 Å². The molecular weight excluding hydrogens is 338 g/mol. The van der Waals surface area contributed by atoms with Crippen LogP contribution in [0, 0.1) is 11.8 Å². The molecule has 3 N–H and O–H groups in total. The highest BCUT2D eigenvalue weighted by Gasteiger charge is 2.22. The van der Waals surface area contributed by atoms with Crippen molar-refractivity contribution in [2.24, 2.45) is 11.8 Å². The number of carbonyl (C=O) groups is 2. The third-order valence-electron chi connectivity index (χ3n) is 5.16. The largest absolute Gasteiger partial charge is 0.326 e. The third kappa shape index (κ3) is 5.44. The van der Waals surface area contributed by atoms with E-state index in [0.29, 0.717) is 24.7 Å². The quantitative estimate of drug-likeness (QED) is 0.766. The summed E-state index contributed by atoms with van der Waals surface area (Å²) in [7, 11) is 0. The van der Waals surface area contributed by atoms with Crippen LogP contribution in [0.2, 0.25) is 0 Å². The van der Waals surface area contributed by atoms with E-state index in [-0.39, 0.29) is 24.2 Å². The fourth-order valence-corrected chi connectivity index (χ4v) is 3.69. The Balaban J connectivity index is 0.00000225. The molecule has 2 aliphatic rings. The SMILES string of the molecule is CC(CC(=O)Nc1ccc2c(c1)CCCC(=O)N2)C1CCCNC1.Cl. The van der Waals surface area contributed by atoms with Crippen LogP contribution >= 0.6 is 12.4 Å². The van der Waals surface area contributed by atoms with Crippen LogP contribution in [-0.2, 0) is 16.0 Å². The Hall–Kier alpha value is -1.59. The van der Waals surface area contributed by atoms with Gasteiger partial charge in [0, 0.05) is 24.2 Å². The predicted octanol–water partition coefficient (Wildman–Crippen LogP) is 3.35. The molecule has 2 unspecified atom stereocenters. The molecule has 3 rings (SSSR count). The second-order valence-electron chi connectivity index (χ2n) is 7.11. The summed E-state index contributed by atoms with van der Waals surface area (Å²) in [6.45, 7) is 4.29. The number of carbonyl (C=O) groups excluding carboxylic acids is 2. The molecule has 0 aromatic heterocycles. The fraction of sp³-hybridized carbons (Fsp3) is 0.579. The Morgan fingerprint density at radius 1 is 1.32 bits per heavy atom. The van der Waals surface area contributed by atoms with E-state index in [1.54, 1.807) is 0 Å². The number of fused-ring (bicyclic) bond motifs is 1. The van der Waals surface area contributed by atoms with Crippen LogP contribution in [-0.4, -0.2) is 24.9 Å². The van der Waals surface area contributed by atoms with Crippen LogP contribution in [0.15, 0.2) is 18.2 Å². The lowest BCUT2D eigenvalue weighted by atomic mass is 9.85. The molecule has 0 saturated carbocycles. The van der Waals surface area contributed by atoms with Crippen molar-refractivity contribution < 1.29 is 9.59 Å². The molecule has 1 aromatic rings. The number of amides is 2. The van der Waals surface area contributed by atoms with Crippen molar-refractivity contribution in [2.75, 3.05) is 23.7 Å². The molecule has 2 heterocycles. The summed E-state index contributed by atoms with van der Waals surface area (Å²) in [4.78, 5) is 23.9. The number of piperidine rings is 1. The van der Waals surface area contributed by atoms with Crippen molar-refractivity contribution in [3.63, 3.8) is 0 Å². The summed E-state index contributed by atoms with van der Waals surface area (Å²) in [5.41, 5.74) is 2.80. The number of hydrogen-bond donors (Lipinski definition) is 3. The normalized spacial score (nSPS) is 21.2. The first-order chi connectivity index (χ1) is 11.6. The van der Waals surface area contributed by atoms with Crippen molar-refractivity contribution in [3.8, 4) is 0 Å². The van der Waals surface area contributed by atoms with Crippen LogP contribution in [0.4, 0.5) is 11.4 Å². The molecule has 1 aromatic carbocycles. The van der Waals surface area contributed by atoms with Crippen molar-refractivity contribution in [1.29, 1.82) is 0 Å². The Labute approximate surface area is 155 Å². The van der Waals surface area contributed by atoms with Gasteiger partial charge in [-0.2, -0.15) is 0 Å². The van der Waals surface area contributed by atoms with Gasteiger partial charge in [-0.25, -0.2) is 0 Å². The lowest BCUT2D eigenvalue weighted by Gasteiger charge is -2.28. The standard InChI is InChI=1S/C19H27N3O2.ClH/c1-13(15-5-3-9-20-12-15)10-19(24)21-16-7-8-17-14(11-16)4-2-6-18(23)22-17;/h7-8,11,13,15,20H,2-6,9-10,12H2,1H3,(H,21,24)(H,22,23);1H. The second-order valence-corrected chi connectivity index (χ2v) is 7.11. The first-order valence-corrected chi connectivity index (χ1v) is 9.05. The summed E-state index contributed by atoms with van der Waals surface area (Å²) in [5, 5.41) is 9.36. The van der Waals surface area contributed by atoms with Crippen LogP contribution in [0.25, 0.3) is 0 Å². The molecule has 25 heavy (non-hydrogen) atoms. The maximum Gasteiger partial charge on any atom is 0.224 e. The van der Waals surface area contributed by atoms with Gasteiger partial charge in [-0.05, 0) is 74.4 Å². The zero-order chi connectivity index (χ0) is 16.9. The van der Waals surface area contributed by atoms with Gasteiger partial charge >= 0.3 is 0 Å². The first kappa shape index (κ1) is 19.7. The maximum absolute atomic E-state index is 12.4. The van der Waals surface area contributed by atoms with Gasteiger partial charge in [0.2, 0.25) is 11.8 Å². The molecule has 0 bridgehead atoms. The molecule has 1 saturated heterocycles. The number of benzene rings is 1. The van der Waals surface area contributed by atoms with E-state index in [0.717, 1.165) is 42.9 Å². The number of rotatable bonds is 4. The minimum Gasteiger partial charge on any atom is -0.326 e.